The van der Waals surface area contributed by atoms with Gasteiger partial charge < -0.3 is 15.0 Å². The van der Waals surface area contributed by atoms with Crippen LogP contribution in [0.4, 0.5) is 11.4 Å². The van der Waals surface area contributed by atoms with Crippen LogP contribution in [0.15, 0.2) is 52.9 Å². The third kappa shape index (κ3) is 4.16. The SMILES string of the molecule is COc1cc2c(cc1N1C[C@@H](C)NC(C)(C)C1)N(S(=O)(=O)c1ccc(-c3ccccn3)s1)CC2. The smallest absolute Gasteiger partial charge is 0.273 e. The number of thiophene rings is 1. The van der Waals surface area contributed by atoms with E-state index in [2.05, 4.69) is 36.0 Å². The number of hydrogen-bond donors (Lipinski definition) is 1. The van der Waals surface area contributed by atoms with Gasteiger partial charge >= 0.3 is 0 Å². The number of anilines is 2. The van der Waals surface area contributed by atoms with Crippen molar-refractivity contribution in [1.82, 2.24) is 10.3 Å². The Morgan fingerprint density at radius 3 is 2.71 bits per heavy atom. The second kappa shape index (κ2) is 8.55. The van der Waals surface area contributed by atoms with Crippen molar-refractivity contribution in [3.05, 3.63) is 54.2 Å². The zero-order valence-electron chi connectivity index (χ0n) is 19.9. The lowest BCUT2D eigenvalue weighted by molar-refractivity contribution is 0.299. The molecule has 1 saturated heterocycles. The Balaban J connectivity index is 1.51. The maximum Gasteiger partial charge on any atom is 0.273 e. The van der Waals surface area contributed by atoms with E-state index in [1.807, 2.05) is 36.4 Å². The maximum atomic E-state index is 13.7. The van der Waals surface area contributed by atoms with Gasteiger partial charge in [0.15, 0.2) is 0 Å². The number of aromatic nitrogens is 1. The van der Waals surface area contributed by atoms with Crippen molar-refractivity contribution < 1.29 is 13.2 Å². The van der Waals surface area contributed by atoms with Crippen LogP contribution in [-0.4, -0.2) is 51.7 Å². The van der Waals surface area contributed by atoms with Crippen LogP contribution in [-0.2, 0) is 16.4 Å². The molecule has 1 aromatic carbocycles. The molecule has 9 heteroatoms. The minimum absolute atomic E-state index is 0.0632. The van der Waals surface area contributed by atoms with E-state index in [0.29, 0.717) is 23.2 Å². The molecular weight excluding hydrogens is 468 g/mol. The standard InChI is InChI=1S/C25H30N4O3S2/c1-17-15-28(16-25(2,3)27-17)21-14-20-18(13-22(21)32-4)10-12-29(20)34(30,31)24-9-8-23(33-24)19-7-5-6-11-26-19/h5-9,11,13-14,17,27H,10,12,15-16H2,1-4H3/t17-/m1/s1. The van der Waals surface area contributed by atoms with Crippen LogP contribution in [0.5, 0.6) is 5.75 Å². The number of fused-ring (bicyclic) bond motifs is 1. The number of nitrogens with zero attached hydrogens (tertiary/aromatic N) is 3. The van der Waals surface area contributed by atoms with Crippen molar-refractivity contribution in [2.75, 3.05) is 35.9 Å². The summed E-state index contributed by atoms with van der Waals surface area (Å²) < 4.78 is 35.0. The van der Waals surface area contributed by atoms with Gasteiger partial charge in [-0.25, -0.2) is 8.42 Å². The van der Waals surface area contributed by atoms with Crippen LogP contribution in [0.2, 0.25) is 0 Å². The van der Waals surface area contributed by atoms with Gasteiger partial charge in [-0.05, 0) is 69.2 Å². The van der Waals surface area contributed by atoms with E-state index in [4.69, 9.17) is 4.74 Å². The van der Waals surface area contributed by atoms with Gasteiger partial charge in [0.1, 0.15) is 9.96 Å². The molecule has 1 N–H and O–H groups in total. The number of pyridine rings is 1. The van der Waals surface area contributed by atoms with Gasteiger partial charge in [-0.3, -0.25) is 9.29 Å². The molecule has 0 aliphatic carbocycles. The summed E-state index contributed by atoms with van der Waals surface area (Å²) >= 11 is 1.26. The molecule has 2 aromatic heterocycles. The summed E-state index contributed by atoms with van der Waals surface area (Å²) in [4.78, 5) is 7.49. The number of benzene rings is 1. The molecule has 0 saturated carbocycles. The summed E-state index contributed by atoms with van der Waals surface area (Å²) in [6.45, 7) is 8.58. The first-order chi connectivity index (χ1) is 16.2. The van der Waals surface area contributed by atoms with Crippen molar-refractivity contribution >= 4 is 32.7 Å². The second-order valence-electron chi connectivity index (χ2n) is 9.62. The first-order valence-electron chi connectivity index (χ1n) is 11.5. The molecule has 0 bridgehead atoms. The van der Waals surface area contributed by atoms with Crippen LogP contribution >= 0.6 is 11.3 Å². The monoisotopic (exact) mass is 498 g/mol. The zero-order valence-corrected chi connectivity index (χ0v) is 21.5. The van der Waals surface area contributed by atoms with Crippen LogP contribution in [0.3, 0.4) is 0 Å². The van der Waals surface area contributed by atoms with E-state index in [9.17, 15) is 8.42 Å². The molecule has 3 aromatic rings. The fraction of sp³-hybridized carbons (Fsp3) is 0.400. The normalized spacial score (nSPS) is 19.8. The predicted molar refractivity (Wildman–Crippen MR) is 138 cm³/mol. The highest BCUT2D eigenvalue weighted by Gasteiger charge is 2.36. The van der Waals surface area contributed by atoms with E-state index < -0.39 is 10.0 Å². The van der Waals surface area contributed by atoms with E-state index >= 15 is 0 Å². The molecule has 180 valence electrons. The van der Waals surface area contributed by atoms with E-state index in [1.54, 1.807) is 23.7 Å². The number of hydrogen-bond acceptors (Lipinski definition) is 7. The van der Waals surface area contributed by atoms with Crippen molar-refractivity contribution in [3.8, 4) is 16.3 Å². The molecule has 5 rings (SSSR count). The number of sulfonamides is 1. The molecule has 0 radical (unpaired) electrons. The lowest BCUT2D eigenvalue weighted by Gasteiger charge is -2.44. The van der Waals surface area contributed by atoms with E-state index in [1.165, 1.54) is 11.3 Å². The number of methoxy groups -OCH3 is 1. The Kier molecular flexibility index (Phi) is 5.82. The Labute approximate surface area is 205 Å². The zero-order chi connectivity index (χ0) is 24.1. The molecule has 0 amide bonds. The van der Waals surface area contributed by atoms with Crippen LogP contribution in [0.25, 0.3) is 10.6 Å². The molecule has 0 unspecified atom stereocenters. The Morgan fingerprint density at radius 1 is 1.18 bits per heavy atom. The molecular formula is C25H30N4O3S2. The first kappa shape index (κ1) is 23.1. The maximum absolute atomic E-state index is 13.7. The summed E-state index contributed by atoms with van der Waals surface area (Å²) in [5, 5.41) is 3.62. The molecule has 4 heterocycles. The fourth-order valence-corrected chi connectivity index (χ4v) is 7.95. The minimum atomic E-state index is -3.69. The highest BCUT2D eigenvalue weighted by molar-refractivity contribution is 7.94. The van der Waals surface area contributed by atoms with Gasteiger partial charge in [-0.15, -0.1) is 11.3 Å². The van der Waals surface area contributed by atoms with E-state index in [0.717, 1.165) is 46.3 Å². The highest BCUT2D eigenvalue weighted by atomic mass is 32.2. The number of ether oxygens (including phenoxy) is 1. The summed E-state index contributed by atoms with van der Waals surface area (Å²) in [6.07, 6.45) is 2.38. The number of piperazine rings is 1. The van der Waals surface area contributed by atoms with Crippen molar-refractivity contribution in [2.24, 2.45) is 0 Å². The topological polar surface area (TPSA) is 74.8 Å². The number of nitrogens with one attached hydrogen (secondary N) is 1. The third-order valence-electron chi connectivity index (χ3n) is 6.33. The average molecular weight is 499 g/mol. The van der Waals surface area contributed by atoms with Gasteiger partial charge in [0.05, 0.1) is 29.1 Å². The Morgan fingerprint density at radius 2 is 2.00 bits per heavy atom. The minimum Gasteiger partial charge on any atom is -0.495 e. The van der Waals surface area contributed by atoms with Gasteiger partial charge in [-0.2, -0.15) is 0 Å². The first-order valence-corrected chi connectivity index (χ1v) is 13.7. The van der Waals surface area contributed by atoms with Crippen molar-refractivity contribution in [3.63, 3.8) is 0 Å². The van der Waals surface area contributed by atoms with Gasteiger partial charge in [-0.1, -0.05) is 6.07 Å². The molecule has 2 aliphatic heterocycles. The van der Waals surface area contributed by atoms with Crippen molar-refractivity contribution in [1.29, 1.82) is 0 Å². The van der Waals surface area contributed by atoms with Gasteiger partial charge in [0.25, 0.3) is 10.0 Å². The molecule has 0 spiro atoms. The molecule has 1 fully saturated rings. The molecule has 7 nitrogen and oxygen atoms in total. The fourth-order valence-electron chi connectivity index (χ4n) is 5.06. The summed E-state index contributed by atoms with van der Waals surface area (Å²) in [5.41, 5.74) is 3.39. The Bertz CT molecular complexity index is 1300. The lowest BCUT2D eigenvalue weighted by Crippen LogP contribution is -2.61. The third-order valence-corrected chi connectivity index (χ3v) is 9.72. The van der Waals surface area contributed by atoms with Crippen LogP contribution < -0.4 is 19.3 Å². The predicted octanol–water partition coefficient (Wildman–Crippen LogP) is 4.15. The quantitative estimate of drug-likeness (QED) is 0.570. The van der Waals surface area contributed by atoms with E-state index in [-0.39, 0.29) is 5.54 Å². The largest absolute Gasteiger partial charge is 0.495 e. The van der Waals surface area contributed by atoms with Gasteiger partial charge in [0, 0.05) is 37.4 Å². The van der Waals surface area contributed by atoms with Crippen LogP contribution in [0, 0.1) is 0 Å². The van der Waals surface area contributed by atoms with Crippen molar-refractivity contribution in [2.45, 2.75) is 43.0 Å². The Hall–Kier alpha value is -2.62. The average Bonchev–Trinajstić information content (AvgIpc) is 3.45. The van der Waals surface area contributed by atoms with Gasteiger partial charge in [0.2, 0.25) is 0 Å². The second-order valence-corrected chi connectivity index (χ2v) is 12.8. The summed E-state index contributed by atoms with van der Waals surface area (Å²) in [5.74, 6) is 0.788. The van der Waals surface area contributed by atoms with Crippen LogP contribution in [0.1, 0.15) is 26.3 Å². The summed E-state index contributed by atoms with van der Waals surface area (Å²) in [7, 11) is -2.01. The molecule has 2 aliphatic rings. The number of rotatable bonds is 5. The summed E-state index contributed by atoms with van der Waals surface area (Å²) in [6, 6.07) is 13.5. The molecule has 34 heavy (non-hydrogen) atoms. The molecule has 1 atom stereocenters. The lowest BCUT2D eigenvalue weighted by atomic mass is 9.98. The highest BCUT2D eigenvalue weighted by Crippen LogP contribution is 2.43.